The average molecular weight is 446 g/mol. The monoisotopic (exact) mass is 445 g/mol. The van der Waals surface area contributed by atoms with Crippen LogP contribution in [-0.2, 0) is 16.0 Å². The largest absolute Gasteiger partial charge is 0.353 e. The molecule has 5 nitrogen and oxygen atoms in total. The van der Waals surface area contributed by atoms with Crippen LogP contribution in [0.3, 0.4) is 0 Å². The summed E-state index contributed by atoms with van der Waals surface area (Å²) in [6, 6.07) is 12.5. The van der Waals surface area contributed by atoms with E-state index in [0.717, 1.165) is 23.1 Å². The van der Waals surface area contributed by atoms with Gasteiger partial charge in [0, 0.05) is 37.4 Å². The molecule has 174 valence electrons. The Balaban J connectivity index is 1.37. The molecule has 0 radical (unpaired) electrons. The molecule has 1 N–H and O–H groups in total. The van der Waals surface area contributed by atoms with E-state index in [1.807, 2.05) is 30.9 Å². The summed E-state index contributed by atoms with van der Waals surface area (Å²) < 4.78 is 0. The lowest BCUT2D eigenvalue weighted by Crippen LogP contribution is -2.47. The van der Waals surface area contributed by atoms with Crippen LogP contribution in [0, 0.1) is 23.2 Å². The van der Waals surface area contributed by atoms with Gasteiger partial charge in [0.2, 0.25) is 11.8 Å². The summed E-state index contributed by atoms with van der Waals surface area (Å²) in [5.74, 6) is 1.80. The van der Waals surface area contributed by atoms with Gasteiger partial charge < -0.3 is 10.2 Å². The molecule has 2 aromatic rings. The summed E-state index contributed by atoms with van der Waals surface area (Å²) in [6.45, 7) is 5.22. The third kappa shape index (κ3) is 4.42. The minimum absolute atomic E-state index is 0.0774. The first-order valence-electron chi connectivity index (χ1n) is 12.6. The van der Waals surface area contributed by atoms with Gasteiger partial charge in [-0.05, 0) is 80.2 Å². The van der Waals surface area contributed by atoms with Crippen molar-refractivity contribution in [1.82, 2.24) is 15.2 Å². The Bertz CT molecular complexity index is 1010. The topological polar surface area (TPSA) is 62.3 Å². The maximum absolute atomic E-state index is 13.5. The number of carbonyl (C=O) groups is 2. The zero-order chi connectivity index (χ0) is 23.0. The molecule has 4 atom stereocenters. The Morgan fingerprint density at radius 2 is 1.82 bits per heavy atom. The summed E-state index contributed by atoms with van der Waals surface area (Å²) in [6.07, 6.45) is 9.90. The average Bonchev–Trinajstić information content (AvgIpc) is 3.40. The maximum Gasteiger partial charge on any atom is 0.228 e. The second-order valence-electron chi connectivity index (χ2n) is 10.7. The number of amides is 2. The molecule has 3 aliphatic rings. The number of benzene rings is 1. The number of rotatable bonds is 6. The Hall–Kier alpha value is -2.69. The Morgan fingerprint density at radius 1 is 1.09 bits per heavy atom. The third-order valence-corrected chi connectivity index (χ3v) is 7.99. The van der Waals surface area contributed by atoms with Crippen LogP contribution in [0.1, 0.15) is 51.5 Å². The number of nitrogens with zero attached hydrogens (tertiary/aromatic N) is 2. The molecule has 5 heteroatoms. The highest BCUT2D eigenvalue weighted by atomic mass is 16.2. The summed E-state index contributed by atoms with van der Waals surface area (Å²) in [7, 11) is 0. The maximum atomic E-state index is 13.5. The molecule has 2 aliphatic carbocycles. The van der Waals surface area contributed by atoms with E-state index >= 15 is 0 Å². The normalized spacial score (nSPS) is 28.5. The van der Waals surface area contributed by atoms with Crippen LogP contribution in [0.25, 0.3) is 11.1 Å². The fourth-order valence-electron chi connectivity index (χ4n) is 6.25. The second kappa shape index (κ2) is 8.92. The first kappa shape index (κ1) is 22.1. The van der Waals surface area contributed by atoms with E-state index in [1.165, 1.54) is 25.7 Å². The number of pyridine rings is 1. The van der Waals surface area contributed by atoms with Crippen molar-refractivity contribution in [2.45, 2.75) is 58.4 Å². The van der Waals surface area contributed by atoms with Crippen molar-refractivity contribution in [3.05, 3.63) is 54.4 Å². The summed E-state index contributed by atoms with van der Waals surface area (Å²) in [5, 5.41) is 3.16. The summed E-state index contributed by atoms with van der Waals surface area (Å²) in [5.41, 5.74) is 2.81. The molecule has 3 fully saturated rings. The lowest BCUT2D eigenvalue weighted by molar-refractivity contribution is -0.134. The van der Waals surface area contributed by atoms with E-state index < -0.39 is 5.41 Å². The molecule has 1 saturated heterocycles. The first-order valence-corrected chi connectivity index (χ1v) is 12.6. The highest BCUT2D eigenvalue weighted by molar-refractivity contribution is 5.87. The molecule has 0 spiro atoms. The molecule has 5 rings (SSSR count). The lowest BCUT2D eigenvalue weighted by Gasteiger charge is -2.30. The van der Waals surface area contributed by atoms with Gasteiger partial charge in [0.1, 0.15) is 0 Å². The van der Waals surface area contributed by atoms with E-state index in [9.17, 15) is 9.59 Å². The number of nitrogens with one attached hydrogen (secondary N) is 1. The standard InChI is InChI=1S/C28H35N3O2/c1-19(2)30-27(33)28(17-20-6-5-7-22(16-20)21-10-13-29-14-11-21)12-15-31(18-28)26(32)25-23-8-3-4-9-24(23)25/h5-7,10-11,13-14,16,19,23-25H,3-4,8-9,12,15,17-18H2,1-2H3,(H,30,33)/t23-,24+,25?,28-/m0/s1. The van der Waals surface area contributed by atoms with Crippen LogP contribution in [0.4, 0.5) is 0 Å². The van der Waals surface area contributed by atoms with Gasteiger partial charge in [0.05, 0.1) is 5.41 Å². The third-order valence-electron chi connectivity index (χ3n) is 7.99. The molecule has 1 aromatic carbocycles. The highest BCUT2D eigenvalue weighted by Gasteiger charge is 2.57. The molecular weight excluding hydrogens is 410 g/mol. The minimum Gasteiger partial charge on any atom is -0.353 e. The predicted octanol–water partition coefficient (Wildman–Crippen LogP) is 4.47. The molecule has 1 aromatic heterocycles. The van der Waals surface area contributed by atoms with Crippen molar-refractivity contribution in [2.75, 3.05) is 13.1 Å². The number of carbonyl (C=O) groups excluding carboxylic acids is 2. The fourth-order valence-corrected chi connectivity index (χ4v) is 6.25. The summed E-state index contributed by atoms with van der Waals surface area (Å²) >= 11 is 0. The number of aromatic nitrogens is 1. The molecule has 2 heterocycles. The van der Waals surface area contributed by atoms with Crippen LogP contribution >= 0.6 is 0 Å². The number of likely N-dealkylation sites (tertiary alicyclic amines) is 1. The van der Waals surface area contributed by atoms with Gasteiger partial charge in [-0.25, -0.2) is 0 Å². The molecule has 33 heavy (non-hydrogen) atoms. The highest BCUT2D eigenvalue weighted by Crippen LogP contribution is 2.56. The number of fused-ring (bicyclic) bond motifs is 1. The van der Waals surface area contributed by atoms with Crippen LogP contribution in [0.5, 0.6) is 0 Å². The molecule has 2 saturated carbocycles. The SMILES string of the molecule is CC(C)NC(=O)[C@]1(Cc2cccc(-c3ccncc3)c2)CCN(C(=O)C2[C@H]3CCCC[C@@H]23)C1. The van der Waals surface area contributed by atoms with Crippen LogP contribution in [-0.4, -0.2) is 40.8 Å². The van der Waals surface area contributed by atoms with Gasteiger partial charge in [0.25, 0.3) is 0 Å². The zero-order valence-electron chi connectivity index (χ0n) is 19.8. The molecule has 1 aliphatic heterocycles. The van der Waals surface area contributed by atoms with E-state index in [-0.39, 0.29) is 17.9 Å². The quantitative estimate of drug-likeness (QED) is 0.714. The second-order valence-corrected chi connectivity index (χ2v) is 10.7. The fraction of sp³-hybridized carbons (Fsp3) is 0.536. The van der Waals surface area contributed by atoms with Crippen molar-refractivity contribution < 1.29 is 9.59 Å². The van der Waals surface area contributed by atoms with E-state index in [4.69, 9.17) is 0 Å². The Kier molecular flexibility index (Phi) is 5.98. The first-order chi connectivity index (χ1) is 16.0. The van der Waals surface area contributed by atoms with Crippen molar-refractivity contribution in [3.63, 3.8) is 0 Å². The van der Waals surface area contributed by atoms with Crippen LogP contribution in [0.15, 0.2) is 48.8 Å². The molecule has 2 amide bonds. The van der Waals surface area contributed by atoms with Crippen LogP contribution < -0.4 is 5.32 Å². The lowest BCUT2D eigenvalue weighted by atomic mass is 9.79. The Labute approximate surface area is 197 Å². The van der Waals surface area contributed by atoms with Crippen molar-refractivity contribution >= 4 is 11.8 Å². The van der Waals surface area contributed by atoms with Crippen LogP contribution in [0.2, 0.25) is 0 Å². The van der Waals surface area contributed by atoms with Gasteiger partial charge in [-0.1, -0.05) is 37.1 Å². The van der Waals surface area contributed by atoms with Gasteiger partial charge in [-0.2, -0.15) is 0 Å². The van der Waals surface area contributed by atoms with Crippen molar-refractivity contribution in [2.24, 2.45) is 23.2 Å². The molecule has 1 unspecified atom stereocenters. The van der Waals surface area contributed by atoms with E-state index in [0.29, 0.717) is 37.3 Å². The van der Waals surface area contributed by atoms with Gasteiger partial charge >= 0.3 is 0 Å². The Morgan fingerprint density at radius 3 is 2.52 bits per heavy atom. The molecular formula is C28H35N3O2. The summed E-state index contributed by atoms with van der Waals surface area (Å²) in [4.78, 5) is 33.0. The van der Waals surface area contributed by atoms with Gasteiger partial charge in [-0.15, -0.1) is 0 Å². The number of hydrogen-bond donors (Lipinski definition) is 1. The van der Waals surface area contributed by atoms with Crippen molar-refractivity contribution in [3.8, 4) is 11.1 Å². The van der Waals surface area contributed by atoms with E-state index in [2.05, 4.69) is 34.6 Å². The zero-order valence-corrected chi connectivity index (χ0v) is 19.8. The minimum atomic E-state index is -0.573. The molecule has 0 bridgehead atoms. The van der Waals surface area contributed by atoms with Crippen molar-refractivity contribution in [1.29, 1.82) is 0 Å². The van der Waals surface area contributed by atoms with E-state index in [1.54, 1.807) is 12.4 Å². The predicted molar refractivity (Wildman–Crippen MR) is 129 cm³/mol. The number of hydrogen-bond acceptors (Lipinski definition) is 3. The smallest absolute Gasteiger partial charge is 0.228 e. The van der Waals surface area contributed by atoms with Gasteiger partial charge in [-0.3, -0.25) is 14.6 Å². The van der Waals surface area contributed by atoms with Gasteiger partial charge in [0.15, 0.2) is 0 Å².